The van der Waals surface area contributed by atoms with Gasteiger partial charge in [0.2, 0.25) is 0 Å². The van der Waals surface area contributed by atoms with Crippen molar-refractivity contribution in [3.8, 4) is 0 Å². The second-order valence-electron chi connectivity index (χ2n) is 4.14. The molecule has 3 N–H and O–H groups in total. The third-order valence-electron chi connectivity index (χ3n) is 2.67. The van der Waals surface area contributed by atoms with E-state index in [1.54, 1.807) is 12.1 Å². The van der Waals surface area contributed by atoms with Gasteiger partial charge in [0.15, 0.2) is 0 Å². The van der Waals surface area contributed by atoms with Crippen LogP contribution in [-0.2, 0) is 0 Å². The van der Waals surface area contributed by atoms with E-state index in [0.29, 0.717) is 20.7 Å². The van der Waals surface area contributed by atoms with Gasteiger partial charge in [-0.25, -0.2) is 4.39 Å². The van der Waals surface area contributed by atoms with Crippen LogP contribution in [0.25, 0.3) is 0 Å². The summed E-state index contributed by atoms with van der Waals surface area (Å²) in [5.74, 6) is -0.905. The average molecular weight is 388 g/mol. The summed E-state index contributed by atoms with van der Waals surface area (Å²) in [5, 5.41) is 3.05. The highest BCUT2D eigenvalue weighted by Gasteiger charge is 2.11. The van der Waals surface area contributed by atoms with Crippen molar-refractivity contribution in [1.82, 2.24) is 0 Å². The summed E-state index contributed by atoms with van der Waals surface area (Å²) in [6, 6.07) is 8.81. The molecule has 21 heavy (non-hydrogen) atoms. The predicted molar refractivity (Wildman–Crippen MR) is 89.4 cm³/mol. The number of halogens is 3. The molecule has 7 heteroatoms. The Morgan fingerprint density at radius 2 is 2.00 bits per heavy atom. The van der Waals surface area contributed by atoms with E-state index in [-0.39, 0.29) is 16.5 Å². The maximum atomic E-state index is 13.5. The van der Waals surface area contributed by atoms with E-state index < -0.39 is 5.82 Å². The van der Waals surface area contributed by atoms with Crippen LogP contribution in [0.3, 0.4) is 0 Å². The Morgan fingerprint density at radius 3 is 2.62 bits per heavy atom. The number of anilines is 1. The van der Waals surface area contributed by atoms with Crippen molar-refractivity contribution in [1.29, 1.82) is 0 Å². The first-order valence-electron chi connectivity index (χ1n) is 5.74. The number of hydrogen-bond donors (Lipinski definition) is 2. The van der Waals surface area contributed by atoms with Gasteiger partial charge in [-0.2, -0.15) is 0 Å². The van der Waals surface area contributed by atoms with Gasteiger partial charge in [0.25, 0.3) is 5.91 Å². The smallest absolute Gasteiger partial charge is 0.255 e. The molecule has 0 aliphatic heterocycles. The highest BCUT2D eigenvalue weighted by molar-refractivity contribution is 9.10. The molecule has 2 rings (SSSR count). The molecule has 0 unspecified atom stereocenters. The van der Waals surface area contributed by atoms with Crippen LogP contribution in [0, 0.1) is 5.82 Å². The second kappa shape index (κ2) is 6.51. The number of benzene rings is 2. The van der Waals surface area contributed by atoms with Crippen LogP contribution in [0.15, 0.2) is 40.9 Å². The Labute approximate surface area is 139 Å². The van der Waals surface area contributed by atoms with Crippen molar-refractivity contribution in [2.45, 2.75) is 0 Å². The Bertz CT molecular complexity index is 739. The zero-order valence-electron chi connectivity index (χ0n) is 10.5. The molecule has 0 saturated carbocycles. The van der Waals surface area contributed by atoms with Gasteiger partial charge in [0.1, 0.15) is 10.8 Å². The third-order valence-corrected chi connectivity index (χ3v) is 4.12. The van der Waals surface area contributed by atoms with Gasteiger partial charge in [-0.1, -0.05) is 23.8 Å². The average Bonchev–Trinajstić information content (AvgIpc) is 2.43. The summed E-state index contributed by atoms with van der Waals surface area (Å²) >= 11 is 13.9. The fourth-order valence-electron chi connectivity index (χ4n) is 1.63. The van der Waals surface area contributed by atoms with E-state index in [2.05, 4.69) is 21.2 Å². The minimum Gasteiger partial charge on any atom is -0.389 e. The monoisotopic (exact) mass is 386 g/mol. The van der Waals surface area contributed by atoms with E-state index in [1.165, 1.54) is 24.3 Å². The van der Waals surface area contributed by atoms with Gasteiger partial charge in [-0.3, -0.25) is 4.79 Å². The molecule has 0 saturated heterocycles. The molecule has 108 valence electrons. The number of hydrogen-bond acceptors (Lipinski definition) is 2. The zero-order chi connectivity index (χ0) is 15.6. The maximum absolute atomic E-state index is 13.5. The SMILES string of the molecule is NC(=S)c1cc(NC(=O)c2ccc(Br)c(Cl)c2)ccc1F. The van der Waals surface area contributed by atoms with Crippen molar-refractivity contribution in [3.05, 3.63) is 62.8 Å². The summed E-state index contributed by atoms with van der Waals surface area (Å²) < 4.78 is 14.2. The summed E-state index contributed by atoms with van der Waals surface area (Å²) in [6.45, 7) is 0. The molecule has 1 amide bonds. The van der Waals surface area contributed by atoms with Crippen LogP contribution in [0.2, 0.25) is 5.02 Å². The molecule has 0 radical (unpaired) electrons. The molecule has 0 spiro atoms. The zero-order valence-corrected chi connectivity index (χ0v) is 13.7. The maximum Gasteiger partial charge on any atom is 0.255 e. The van der Waals surface area contributed by atoms with Crippen molar-refractivity contribution in [2.24, 2.45) is 5.73 Å². The highest BCUT2D eigenvalue weighted by atomic mass is 79.9. The normalized spacial score (nSPS) is 10.2. The minimum atomic E-state index is -0.535. The Morgan fingerprint density at radius 1 is 1.29 bits per heavy atom. The number of nitrogens with two attached hydrogens (primary N) is 1. The number of rotatable bonds is 3. The first-order valence-corrected chi connectivity index (χ1v) is 7.32. The Balaban J connectivity index is 2.25. The summed E-state index contributed by atoms with van der Waals surface area (Å²) in [5.41, 5.74) is 6.27. The van der Waals surface area contributed by atoms with E-state index in [4.69, 9.17) is 29.6 Å². The highest BCUT2D eigenvalue weighted by Crippen LogP contribution is 2.24. The van der Waals surface area contributed by atoms with Gasteiger partial charge in [0, 0.05) is 21.3 Å². The van der Waals surface area contributed by atoms with Crippen molar-refractivity contribution in [2.75, 3.05) is 5.32 Å². The number of carbonyl (C=O) groups excluding carboxylic acids is 1. The van der Waals surface area contributed by atoms with E-state index in [9.17, 15) is 9.18 Å². The molecular weight excluding hydrogens is 379 g/mol. The van der Waals surface area contributed by atoms with Crippen LogP contribution in [-0.4, -0.2) is 10.9 Å². The van der Waals surface area contributed by atoms with E-state index in [0.717, 1.165) is 0 Å². The molecule has 3 nitrogen and oxygen atoms in total. The topological polar surface area (TPSA) is 55.1 Å². The predicted octanol–water partition coefficient (Wildman–Crippen LogP) is 4.13. The Hall–Kier alpha value is -1.50. The lowest BCUT2D eigenvalue weighted by Gasteiger charge is -2.08. The number of nitrogens with one attached hydrogen (secondary N) is 1. The quantitative estimate of drug-likeness (QED) is 0.779. The van der Waals surface area contributed by atoms with Gasteiger partial charge in [-0.15, -0.1) is 0 Å². The van der Waals surface area contributed by atoms with E-state index >= 15 is 0 Å². The number of amides is 1. The molecule has 0 heterocycles. The van der Waals surface area contributed by atoms with E-state index in [1.807, 2.05) is 0 Å². The lowest BCUT2D eigenvalue weighted by Crippen LogP contribution is -2.15. The molecule has 0 aliphatic rings. The lowest BCUT2D eigenvalue weighted by molar-refractivity contribution is 0.102. The summed E-state index contributed by atoms with van der Waals surface area (Å²) in [7, 11) is 0. The van der Waals surface area contributed by atoms with Crippen LogP contribution < -0.4 is 11.1 Å². The largest absolute Gasteiger partial charge is 0.389 e. The lowest BCUT2D eigenvalue weighted by atomic mass is 10.1. The Kier molecular flexibility index (Phi) is 4.92. The van der Waals surface area contributed by atoms with Crippen molar-refractivity contribution < 1.29 is 9.18 Å². The van der Waals surface area contributed by atoms with Gasteiger partial charge in [-0.05, 0) is 52.3 Å². The molecule has 0 bridgehead atoms. The standard InChI is InChI=1S/C14H9BrClFN2OS/c15-10-3-1-7(5-11(10)16)14(20)19-8-2-4-12(17)9(6-8)13(18)21/h1-6H,(H2,18,21)(H,19,20). The summed E-state index contributed by atoms with van der Waals surface area (Å²) in [6.07, 6.45) is 0. The van der Waals surface area contributed by atoms with Crippen LogP contribution in [0.4, 0.5) is 10.1 Å². The molecule has 0 fully saturated rings. The van der Waals surface area contributed by atoms with Gasteiger partial charge >= 0.3 is 0 Å². The van der Waals surface area contributed by atoms with Crippen LogP contribution in [0.1, 0.15) is 15.9 Å². The fraction of sp³-hybridized carbons (Fsp3) is 0. The van der Waals surface area contributed by atoms with Crippen LogP contribution >= 0.6 is 39.7 Å². The van der Waals surface area contributed by atoms with Crippen LogP contribution in [0.5, 0.6) is 0 Å². The third kappa shape index (κ3) is 3.78. The molecule has 0 aromatic heterocycles. The molecule has 0 atom stereocenters. The molecule has 2 aromatic rings. The van der Waals surface area contributed by atoms with Gasteiger partial charge in [0.05, 0.1) is 5.02 Å². The van der Waals surface area contributed by atoms with Crippen molar-refractivity contribution in [3.63, 3.8) is 0 Å². The molecule has 2 aromatic carbocycles. The van der Waals surface area contributed by atoms with Gasteiger partial charge < -0.3 is 11.1 Å². The minimum absolute atomic E-state index is 0.0738. The van der Waals surface area contributed by atoms with Crippen molar-refractivity contribution >= 4 is 56.3 Å². The first kappa shape index (κ1) is 15.9. The number of thiocarbonyl (C=S) groups is 1. The number of carbonyl (C=O) groups is 1. The molecule has 0 aliphatic carbocycles. The first-order chi connectivity index (χ1) is 9.88. The molecular formula is C14H9BrClFN2OS. The fourth-order valence-corrected chi connectivity index (χ4v) is 2.22. The second-order valence-corrected chi connectivity index (χ2v) is 5.84. The summed E-state index contributed by atoms with van der Waals surface area (Å²) in [4.78, 5) is 12.0.